The van der Waals surface area contributed by atoms with Gasteiger partial charge in [-0.3, -0.25) is 4.79 Å². The molecule has 0 aromatic rings. The molecule has 0 bridgehead atoms. The molecule has 2 atom stereocenters. The third-order valence-electron chi connectivity index (χ3n) is 3.89. The van der Waals surface area contributed by atoms with Crippen LogP contribution in [0.1, 0.15) is 47.0 Å². The van der Waals surface area contributed by atoms with E-state index in [1.54, 1.807) is 14.0 Å². The van der Waals surface area contributed by atoms with Crippen LogP contribution in [-0.2, 0) is 4.79 Å². The molecular formula is C14H30N2O2. The van der Waals surface area contributed by atoms with Gasteiger partial charge in [0.25, 0.3) is 0 Å². The second-order valence-corrected chi connectivity index (χ2v) is 5.40. The molecular weight excluding hydrogens is 228 g/mol. The van der Waals surface area contributed by atoms with Gasteiger partial charge in [0, 0.05) is 6.54 Å². The molecule has 0 amide bonds. The zero-order valence-corrected chi connectivity index (χ0v) is 12.6. The average Bonchev–Trinajstić information content (AvgIpc) is 2.36. The minimum atomic E-state index is -0.796. The van der Waals surface area contributed by atoms with Crippen LogP contribution in [0.4, 0.5) is 0 Å². The maximum absolute atomic E-state index is 11.1. The summed E-state index contributed by atoms with van der Waals surface area (Å²) in [6.07, 6.45) is 2.77. The maximum Gasteiger partial charge on any atom is 0.323 e. The Morgan fingerprint density at radius 1 is 1.44 bits per heavy atom. The van der Waals surface area contributed by atoms with Crippen molar-refractivity contribution in [1.29, 1.82) is 0 Å². The molecule has 0 rings (SSSR count). The molecule has 0 radical (unpaired) electrons. The second-order valence-electron chi connectivity index (χ2n) is 5.40. The number of carboxylic acid groups (broad SMARTS) is 1. The molecule has 0 aromatic heterocycles. The van der Waals surface area contributed by atoms with Gasteiger partial charge in [-0.05, 0) is 45.8 Å². The molecule has 0 fully saturated rings. The van der Waals surface area contributed by atoms with E-state index in [4.69, 9.17) is 5.11 Å². The maximum atomic E-state index is 11.1. The Morgan fingerprint density at radius 2 is 2.06 bits per heavy atom. The third-order valence-corrected chi connectivity index (χ3v) is 3.89. The number of hydrogen-bond donors (Lipinski definition) is 2. The van der Waals surface area contributed by atoms with Gasteiger partial charge < -0.3 is 15.3 Å². The first-order chi connectivity index (χ1) is 8.39. The van der Waals surface area contributed by atoms with Crippen molar-refractivity contribution in [3.05, 3.63) is 0 Å². The molecule has 0 saturated carbocycles. The Balaban J connectivity index is 4.10. The van der Waals surface area contributed by atoms with Crippen LogP contribution in [0.3, 0.4) is 0 Å². The molecule has 18 heavy (non-hydrogen) atoms. The van der Waals surface area contributed by atoms with Crippen molar-refractivity contribution in [1.82, 2.24) is 10.2 Å². The van der Waals surface area contributed by atoms with Crippen molar-refractivity contribution >= 4 is 5.97 Å². The fraction of sp³-hybridized carbons (Fsp3) is 0.929. The fourth-order valence-corrected chi connectivity index (χ4v) is 1.94. The van der Waals surface area contributed by atoms with E-state index >= 15 is 0 Å². The van der Waals surface area contributed by atoms with Gasteiger partial charge in [-0.15, -0.1) is 0 Å². The van der Waals surface area contributed by atoms with Crippen LogP contribution in [0.5, 0.6) is 0 Å². The van der Waals surface area contributed by atoms with Crippen molar-refractivity contribution in [2.45, 2.75) is 52.5 Å². The van der Waals surface area contributed by atoms with Gasteiger partial charge in [-0.1, -0.05) is 27.2 Å². The lowest BCUT2D eigenvalue weighted by Crippen LogP contribution is -2.48. The predicted octanol–water partition coefficient (Wildman–Crippen LogP) is 2.20. The Kier molecular flexibility index (Phi) is 8.20. The van der Waals surface area contributed by atoms with E-state index < -0.39 is 11.5 Å². The number of hydrogen-bond acceptors (Lipinski definition) is 3. The molecule has 2 unspecified atom stereocenters. The second kappa shape index (κ2) is 8.48. The summed E-state index contributed by atoms with van der Waals surface area (Å²) >= 11 is 0. The first-order valence-electron chi connectivity index (χ1n) is 7.04. The lowest BCUT2D eigenvalue weighted by molar-refractivity contribution is -0.144. The monoisotopic (exact) mass is 258 g/mol. The molecule has 0 spiro atoms. The van der Waals surface area contributed by atoms with Gasteiger partial charge in [0.15, 0.2) is 0 Å². The molecule has 0 aliphatic carbocycles. The van der Waals surface area contributed by atoms with Gasteiger partial charge in [-0.2, -0.15) is 0 Å². The SMILES string of the molecule is CCC(C)CN(CC)CCCC(C)(NC)C(=O)O. The molecule has 4 heteroatoms. The van der Waals surface area contributed by atoms with E-state index in [9.17, 15) is 4.79 Å². The Morgan fingerprint density at radius 3 is 2.44 bits per heavy atom. The summed E-state index contributed by atoms with van der Waals surface area (Å²) in [7, 11) is 1.71. The minimum absolute atomic E-state index is 0.663. The smallest absolute Gasteiger partial charge is 0.323 e. The summed E-state index contributed by atoms with van der Waals surface area (Å²) in [5, 5.41) is 12.1. The van der Waals surface area contributed by atoms with Crippen molar-refractivity contribution in [2.24, 2.45) is 5.92 Å². The van der Waals surface area contributed by atoms with Gasteiger partial charge in [-0.25, -0.2) is 0 Å². The highest BCUT2D eigenvalue weighted by Crippen LogP contribution is 2.13. The highest BCUT2D eigenvalue weighted by molar-refractivity contribution is 5.78. The normalized spacial score (nSPS) is 16.6. The van der Waals surface area contributed by atoms with Crippen molar-refractivity contribution in [2.75, 3.05) is 26.7 Å². The first-order valence-corrected chi connectivity index (χ1v) is 7.04. The van der Waals surface area contributed by atoms with E-state index in [-0.39, 0.29) is 0 Å². The molecule has 2 N–H and O–H groups in total. The Bertz CT molecular complexity index is 246. The third kappa shape index (κ3) is 5.83. The zero-order valence-electron chi connectivity index (χ0n) is 12.6. The topological polar surface area (TPSA) is 52.6 Å². The van der Waals surface area contributed by atoms with E-state index in [1.807, 2.05) is 0 Å². The molecule has 0 aliphatic rings. The number of carbonyl (C=O) groups is 1. The summed E-state index contributed by atoms with van der Waals surface area (Å²) in [5.41, 5.74) is -0.796. The van der Waals surface area contributed by atoms with Crippen LogP contribution >= 0.6 is 0 Å². The fourth-order valence-electron chi connectivity index (χ4n) is 1.94. The van der Waals surface area contributed by atoms with Crippen LogP contribution < -0.4 is 5.32 Å². The highest BCUT2D eigenvalue weighted by atomic mass is 16.4. The van der Waals surface area contributed by atoms with E-state index in [1.165, 1.54) is 6.42 Å². The molecule has 0 aliphatic heterocycles. The van der Waals surface area contributed by atoms with Gasteiger partial charge in [0.2, 0.25) is 0 Å². The first kappa shape index (κ1) is 17.4. The molecule has 0 heterocycles. The quantitative estimate of drug-likeness (QED) is 0.631. The largest absolute Gasteiger partial charge is 0.480 e. The molecule has 0 saturated heterocycles. The Hall–Kier alpha value is -0.610. The standard InChI is InChI=1S/C14H30N2O2/c1-6-12(3)11-16(7-2)10-8-9-14(4,15-5)13(17)18/h12,15H,6-11H2,1-5H3,(H,17,18). The van der Waals surface area contributed by atoms with Crippen LogP contribution in [0, 0.1) is 5.92 Å². The number of aliphatic carboxylic acids is 1. The lowest BCUT2D eigenvalue weighted by atomic mass is 9.96. The van der Waals surface area contributed by atoms with Gasteiger partial charge in [0.05, 0.1) is 0 Å². The summed E-state index contributed by atoms with van der Waals surface area (Å²) in [5.74, 6) is -0.0601. The van der Waals surface area contributed by atoms with Crippen LogP contribution in [0.25, 0.3) is 0 Å². The van der Waals surface area contributed by atoms with Crippen LogP contribution in [0.2, 0.25) is 0 Å². The number of likely N-dealkylation sites (N-methyl/N-ethyl adjacent to an activating group) is 1. The summed E-state index contributed by atoms with van der Waals surface area (Å²) in [6, 6.07) is 0. The summed E-state index contributed by atoms with van der Waals surface area (Å²) in [6.45, 7) is 11.5. The van der Waals surface area contributed by atoms with Crippen molar-refractivity contribution in [3.8, 4) is 0 Å². The molecule has 4 nitrogen and oxygen atoms in total. The minimum Gasteiger partial charge on any atom is -0.480 e. The Labute approximate surface area is 112 Å². The number of carboxylic acids is 1. The van der Waals surface area contributed by atoms with Gasteiger partial charge in [0.1, 0.15) is 5.54 Å². The average molecular weight is 258 g/mol. The van der Waals surface area contributed by atoms with E-state index in [0.717, 1.165) is 26.1 Å². The lowest BCUT2D eigenvalue weighted by Gasteiger charge is -2.27. The van der Waals surface area contributed by atoms with Crippen molar-refractivity contribution < 1.29 is 9.90 Å². The summed E-state index contributed by atoms with van der Waals surface area (Å²) in [4.78, 5) is 13.6. The van der Waals surface area contributed by atoms with Gasteiger partial charge >= 0.3 is 5.97 Å². The summed E-state index contributed by atoms with van der Waals surface area (Å²) < 4.78 is 0. The number of rotatable bonds is 10. The molecule has 0 aromatic carbocycles. The van der Waals surface area contributed by atoms with E-state index in [0.29, 0.717) is 12.3 Å². The predicted molar refractivity (Wildman–Crippen MR) is 75.9 cm³/mol. The number of nitrogens with one attached hydrogen (secondary N) is 1. The zero-order chi connectivity index (χ0) is 14.2. The number of nitrogens with zero attached hydrogens (tertiary/aromatic N) is 1. The van der Waals surface area contributed by atoms with E-state index in [2.05, 4.69) is 31.0 Å². The van der Waals surface area contributed by atoms with Crippen LogP contribution in [-0.4, -0.2) is 48.2 Å². The van der Waals surface area contributed by atoms with Crippen molar-refractivity contribution in [3.63, 3.8) is 0 Å². The molecule has 108 valence electrons. The van der Waals surface area contributed by atoms with Crippen LogP contribution in [0.15, 0.2) is 0 Å². The highest BCUT2D eigenvalue weighted by Gasteiger charge is 2.30.